The Morgan fingerprint density at radius 1 is 1.91 bits per heavy atom. The van der Waals surface area contributed by atoms with Crippen LogP contribution in [0.15, 0.2) is 11.4 Å². The highest BCUT2D eigenvalue weighted by Gasteiger charge is 2.32. The minimum absolute atomic E-state index is 0.286. The zero-order valence-electron chi connectivity index (χ0n) is 6.40. The van der Waals surface area contributed by atoms with Gasteiger partial charge in [0.15, 0.2) is 0 Å². The normalized spacial score (nSPS) is 36.5. The van der Waals surface area contributed by atoms with E-state index in [1.807, 2.05) is 0 Å². The van der Waals surface area contributed by atoms with E-state index in [1.54, 1.807) is 6.92 Å². The van der Waals surface area contributed by atoms with Gasteiger partial charge in [-0.15, -0.1) is 6.42 Å². The monoisotopic (exact) mass is 172 g/mol. The van der Waals surface area contributed by atoms with E-state index in [2.05, 4.69) is 10.4 Å². The number of terminal acetylenes is 1. The van der Waals surface area contributed by atoms with Crippen molar-refractivity contribution in [1.29, 1.82) is 0 Å². The van der Waals surface area contributed by atoms with Crippen LogP contribution >= 0.6 is 7.60 Å². The van der Waals surface area contributed by atoms with Gasteiger partial charge in [0.1, 0.15) is 0 Å². The van der Waals surface area contributed by atoms with Gasteiger partial charge in [0.2, 0.25) is 0 Å². The Balaban J connectivity index is 2.93. The fourth-order valence-electron chi connectivity index (χ4n) is 0.833. The zero-order valence-corrected chi connectivity index (χ0v) is 7.30. The molecule has 0 N–H and O–H groups in total. The standard InChI is InChI=1S/C7H9O3P/c1-4-7-5-11(8,9-3)10-6(7)2/h1,5-6H,2-3H3. The Morgan fingerprint density at radius 3 is 2.82 bits per heavy atom. The number of hydrogen-bond donors (Lipinski definition) is 0. The van der Waals surface area contributed by atoms with Gasteiger partial charge in [-0.2, -0.15) is 0 Å². The maximum absolute atomic E-state index is 11.3. The van der Waals surface area contributed by atoms with Gasteiger partial charge in [-0.1, -0.05) is 5.92 Å². The summed E-state index contributed by atoms with van der Waals surface area (Å²) in [5.74, 6) is 3.77. The Bertz CT molecular complexity index is 274. The maximum atomic E-state index is 11.3. The molecule has 0 bridgehead atoms. The van der Waals surface area contributed by atoms with E-state index in [9.17, 15) is 4.57 Å². The van der Waals surface area contributed by atoms with Crippen molar-refractivity contribution in [2.75, 3.05) is 7.11 Å². The van der Waals surface area contributed by atoms with Gasteiger partial charge in [0.05, 0.1) is 6.10 Å². The van der Waals surface area contributed by atoms with Gasteiger partial charge >= 0.3 is 7.60 Å². The first-order valence-corrected chi connectivity index (χ1v) is 4.76. The lowest BCUT2D eigenvalue weighted by Gasteiger charge is -2.07. The molecule has 0 radical (unpaired) electrons. The summed E-state index contributed by atoms with van der Waals surface area (Å²) in [4.78, 5) is 0. The highest BCUT2D eigenvalue weighted by Crippen LogP contribution is 2.56. The van der Waals surface area contributed by atoms with Crippen molar-refractivity contribution in [3.63, 3.8) is 0 Å². The second-order valence-corrected chi connectivity index (χ2v) is 4.11. The summed E-state index contributed by atoms with van der Waals surface area (Å²) in [5, 5.41) is 0. The summed E-state index contributed by atoms with van der Waals surface area (Å²) in [6.45, 7) is 1.74. The fraction of sp³-hybridized carbons (Fsp3) is 0.429. The third-order valence-electron chi connectivity index (χ3n) is 1.46. The Morgan fingerprint density at radius 2 is 2.55 bits per heavy atom. The van der Waals surface area contributed by atoms with Crippen LogP contribution in [0.4, 0.5) is 0 Å². The molecule has 0 aromatic heterocycles. The van der Waals surface area contributed by atoms with Gasteiger partial charge < -0.3 is 4.52 Å². The third kappa shape index (κ3) is 1.54. The predicted octanol–water partition coefficient (Wildman–Crippen LogP) is 1.76. The van der Waals surface area contributed by atoms with Crippen molar-refractivity contribution < 1.29 is 13.6 Å². The molecule has 2 unspecified atom stereocenters. The quantitative estimate of drug-likeness (QED) is 0.446. The summed E-state index contributed by atoms with van der Waals surface area (Å²) in [7, 11) is -1.65. The molecule has 0 aromatic rings. The van der Waals surface area contributed by atoms with Crippen LogP contribution in [0, 0.1) is 12.3 Å². The van der Waals surface area contributed by atoms with Gasteiger partial charge in [-0.3, -0.25) is 9.09 Å². The first kappa shape index (κ1) is 8.55. The molecule has 1 aliphatic rings. The van der Waals surface area contributed by atoms with Crippen LogP contribution in [-0.2, 0) is 13.6 Å². The van der Waals surface area contributed by atoms with Crippen LogP contribution in [0.25, 0.3) is 0 Å². The fourth-order valence-corrected chi connectivity index (χ4v) is 2.27. The number of rotatable bonds is 1. The molecule has 2 atom stereocenters. The molecular weight excluding hydrogens is 163 g/mol. The largest absolute Gasteiger partial charge is 0.355 e. The van der Waals surface area contributed by atoms with E-state index in [-0.39, 0.29) is 6.10 Å². The molecule has 0 amide bonds. The van der Waals surface area contributed by atoms with Crippen LogP contribution in [0.5, 0.6) is 0 Å². The SMILES string of the molecule is C#CC1=CP(=O)(OC)OC1C. The van der Waals surface area contributed by atoms with Gasteiger partial charge in [-0.25, -0.2) is 0 Å². The van der Waals surface area contributed by atoms with E-state index in [0.29, 0.717) is 5.57 Å². The van der Waals surface area contributed by atoms with E-state index < -0.39 is 7.60 Å². The third-order valence-corrected chi connectivity index (χ3v) is 3.17. The Kier molecular flexibility index (Phi) is 2.20. The molecule has 0 spiro atoms. The summed E-state index contributed by atoms with van der Waals surface area (Å²) in [6.07, 6.45) is 4.84. The van der Waals surface area contributed by atoms with E-state index >= 15 is 0 Å². The molecule has 0 saturated carbocycles. The molecule has 0 aromatic carbocycles. The average molecular weight is 172 g/mol. The van der Waals surface area contributed by atoms with Crippen molar-refractivity contribution in [2.45, 2.75) is 13.0 Å². The molecule has 0 fully saturated rings. The van der Waals surface area contributed by atoms with Gasteiger partial charge in [0.25, 0.3) is 0 Å². The Labute approximate surface area is 65.9 Å². The molecule has 0 saturated heterocycles. The minimum atomic E-state index is -2.98. The van der Waals surface area contributed by atoms with Gasteiger partial charge in [-0.05, 0) is 6.92 Å². The molecule has 4 heteroatoms. The lowest BCUT2D eigenvalue weighted by atomic mass is 10.2. The first-order chi connectivity index (χ1) is 5.11. The second-order valence-electron chi connectivity index (χ2n) is 2.20. The highest BCUT2D eigenvalue weighted by molar-refractivity contribution is 7.57. The maximum Gasteiger partial charge on any atom is 0.355 e. The van der Waals surface area contributed by atoms with Crippen molar-refractivity contribution in [3.05, 3.63) is 11.4 Å². The van der Waals surface area contributed by atoms with Crippen molar-refractivity contribution in [1.82, 2.24) is 0 Å². The van der Waals surface area contributed by atoms with E-state index in [1.165, 1.54) is 12.9 Å². The molecule has 0 aliphatic carbocycles. The lowest BCUT2D eigenvalue weighted by molar-refractivity contribution is 0.220. The lowest BCUT2D eigenvalue weighted by Crippen LogP contribution is -2.00. The Hall–Kier alpha value is -0.550. The van der Waals surface area contributed by atoms with Crippen molar-refractivity contribution in [2.24, 2.45) is 0 Å². The smallest absolute Gasteiger partial charge is 0.309 e. The molecule has 60 valence electrons. The van der Waals surface area contributed by atoms with Crippen LogP contribution in [-0.4, -0.2) is 13.2 Å². The van der Waals surface area contributed by atoms with Crippen LogP contribution in [0.2, 0.25) is 0 Å². The van der Waals surface area contributed by atoms with E-state index in [4.69, 9.17) is 10.9 Å². The molecule has 3 nitrogen and oxygen atoms in total. The predicted molar refractivity (Wildman–Crippen MR) is 42.1 cm³/mol. The van der Waals surface area contributed by atoms with Gasteiger partial charge in [0, 0.05) is 18.5 Å². The summed E-state index contributed by atoms with van der Waals surface area (Å²) >= 11 is 0. The van der Waals surface area contributed by atoms with E-state index in [0.717, 1.165) is 0 Å². The molecule has 1 rings (SSSR count). The van der Waals surface area contributed by atoms with Crippen molar-refractivity contribution >= 4 is 7.60 Å². The summed E-state index contributed by atoms with van der Waals surface area (Å²) in [5.41, 5.74) is 0.593. The van der Waals surface area contributed by atoms with Crippen LogP contribution in [0.1, 0.15) is 6.92 Å². The highest BCUT2D eigenvalue weighted by atomic mass is 31.2. The zero-order chi connectivity index (χ0) is 8.48. The van der Waals surface area contributed by atoms with Crippen molar-refractivity contribution in [3.8, 4) is 12.3 Å². The van der Waals surface area contributed by atoms with Crippen LogP contribution in [0.3, 0.4) is 0 Å². The molecule has 11 heavy (non-hydrogen) atoms. The second kappa shape index (κ2) is 2.83. The summed E-state index contributed by atoms with van der Waals surface area (Å²) < 4.78 is 21.0. The molecular formula is C7H9O3P. The topological polar surface area (TPSA) is 35.5 Å². The average Bonchev–Trinajstić information content (AvgIpc) is 2.27. The molecule has 1 aliphatic heterocycles. The minimum Gasteiger partial charge on any atom is -0.309 e. The first-order valence-electron chi connectivity index (χ1n) is 3.14. The molecule has 1 heterocycles. The number of hydrogen-bond acceptors (Lipinski definition) is 3. The van der Waals surface area contributed by atoms with Crippen LogP contribution < -0.4 is 0 Å². The summed E-state index contributed by atoms with van der Waals surface area (Å²) in [6, 6.07) is 0.